The van der Waals surface area contributed by atoms with Gasteiger partial charge in [0.05, 0.1) is 13.2 Å². The van der Waals surface area contributed by atoms with Crippen LogP contribution in [-0.4, -0.2) is 48.7 Å². The maximum absolute atomic E-state index is 9.83. The molecule has 0 radical (unpaired) electrons. The molecule has 116 valence electrons. The normalized spacial score (nSPS) is 13.4. The number of terminal acetylenes is 1. The molecule has 0 spiro atoms. The average molecular weight is 293 g/mol. The van der Waals surface area contributed by atoms with E-state index in [1.165, 1.54) is 0 Å². The molecular weight excluding hydrogens is 270 g/mol. The molecule has 5 heteroatoms. The van der Waals surface area contributed by atoms with Crippen LogP contribution in [-0.2, 0) is 11.3 Å². The first kappa shape index (κ1) is 17.5. The van der Waals surface area contributed by atoms with Crippen LogP contribution in [0.3, 0.4) is 0 Å². The largest absolute Gasteiger partial charge is 0.490 e. The van der Waals surface area contributed by atoms with Gasteiger partial charge in [-0.3, -0.25) is 0 Å². The minimum Gasteiger partial charge on any atom is -0.490 e. The van der Waals surface area contributed by atoms with E-state index < -0.39 is 6.10 Å². The second-order valence-electron chi connectivity index (χ2n) is 4.76. The number of para-hydroxylation sites is 1. The van der Waals surface area contributed by atoms with Gasteiger partial charge in [-0.2, -0.15) is 0 Å². The highest BCUT2D eigenvalue weighted by Crippen LogP contribution is 2.19. The topological polar surface area (TPSA) is 71.0 Å². The maximum Gasteiger partial charge on any atom is 0.124 e. The van der Waals surface area contributed by atoms with Gasteiger partial charge in [0.25, 0.3) is 0 Å². The first-order valence-electron chi connectivity index (χ1n) is 6.91. The first-order valence-corrected chi connectivity index (χ1v) is 6.91. The zero-order valence-electron chi connectivity index (χ0n) is 12.3. The van der Waals surface area contributed by atoms with Crippen molar-refractivity contribution in [3.05, 3.63) is 29.8 Å². The Kier molecular flexibility index (Phi) is 8.48. The lowest BCUT2D eigenvalue weighted by Gasteiger charge is -2.17. The molecule has 0 saturated heterocycles. The molecule has 1 aromatic rings. The van der Waals surface area contributed by atoms with E-state index in [0.717, 1.165) is 5.56 Å². The zero-order chi connectivity index (χ0) is 15.5. The van der Waals surface area contributed by atoms with Gasteiger partial charge in [-0.05, 0) is 13.0 Å². The van der Waals surface area contributed by atoms with Gasteiger partial charge in [0.15, 0.2) is 0 Å². The van der Waals surface area contributed by atoms with E-state index in [2.05, 4.69) is 11.2 Å². The summed E-state index contributed by atoms with van der Waals surface area (Å²) in [5, 5.41) is 21.7. The number of hydrogen-bond donors (Lipinski definition) is 3. The summed E-state index contributed by atoms with van der Waals surface area (Å²) in [7, 11) is 0. The molecule has 0 aliphatic rings. The molecule has 2 unspecified atom stereocenters. The lowest BCUT2D eigenvalue weighted by Crippen LogP contribution is -2.38. The zero-order valence-corrected chi connectivity index (χ0v) is 12.3. The van der Waals surface area contributed by atoms with Crippen molar-refractivity contribution < 1.29 is 19.7 Å². The summed E-state index contributed by atoms with van der Waals surface area (Å²) in [6.07, 6.45) is 4.48. The quantitative estimate of drug-likeness (QED) is 0.434. The average Bonchev–Trinajstić information content (AvgIpc) is 2.51. The molecule has 0 fully saturated rings. The summed E-state index contributed by atoms with van der Waals surface area (Å²) in [5.74, 6) is 3.08. The number of aliphatic hydroxyl groups excluding tert-OH is 2. The van der Waals surface area contributed by atoms with Gasteiger partial charge in [-0.25, -0.2) is 0 Å². The van der Waals surface area contributed by atoms with Gasteiger partial charge in [-0.1, -0.05) is 24.1 Å². The van der Waals surface area contributed by atoms with Crippen molar-refractivity contribution >= 4 is 0 Å². The van der Waals surface area contributed by atoms with Crippen molar-refractivity contribution in [2.45, 2.75) is 25.7 Å². The molecule has 0 heterocycles. The van der Waals surface area contributed by atoms with E-state index in [1.54, 1.807) is 0 Å². The third kappa shape index (κ3) is 7.11. The van der Waals surface area contributed by atoms with Crippen LogP contribution in [0.15, 0.2) is 24.3 Å². The van der Waals surface area contributed by atoms with Crippen LogP contribution in [0.25, 0.3) is 0 Å². The van der Waals surface area contributed by atoms with Crippen molar-refractivity contribution in [3.63, 3.8) is 0 Å². The molecule has 0 aromatic heterocycles. The Labute approximate surface area is 125 Å². The lowest BCUT2D eigenvalue weighted by molar-refractivity contribution is 0.0974. The Bertz CT molecular complexity index is 444. The minimum absolute atomic E-state index is 0.0307. The number of hydrogen-bond acceptors (Lipinski definition) is 5. The predicted octanol–water partition coefficient (Wildman–Crippen LogP) is 0.547. The Morgan fingerprint density at radius 3 is 2.86 bits per heavy atom. The lowest BCUT2D eigenvalue weighted by atomic mass is 10.2. The predicted molar refractivity (Wildman–Crippen MR) is 81.0 cm³/mol. The van der Waals surface area contributed by atoms with E-state index in [0.29, 0.717) is 18.9 Å². The highest BCUT2D eigenvalue weighted by molar-refractivity contribution is 5.32. The van der Waals surface area contributed by atoms with Gasteiger partial charge < -0.3 is 25.0 Å². The van der Waals surface area contributed by atoms with E-state index in [4.69, 9.17) is 21.0 Å². The Morgan fingerprint density at radius 1 is 1.38 bits per heavy atom. The van der Waals surface area contributed by atoms with Crippen molar-refractivity contribution in [1.82, 2.24) is 5.32 Å². The second-order valence-corrected chi connectivity index (χ2v) is 4.76. The van der Waals surface area contributed by atoms with E-state index in [1.807, 2.05) is 31.2 Å². The van der Waals surface area contributed by atoms with E-state index in [9.17, 15) is 5.11 Å². The maximum atomic E-state index is 9.83. The number of rotatable bonds is 10. The Balaban J connectivity index is 2.41. The summed E-state index contributed by atoms with van der Waals surface area (Å²) < 4.78 is 10.9. The first-order chi connectivity index (χ1) is 10.2. The highest BCUT2D eigenvalue weighted by Gasteiger charge is 2.09. The monoisotopic (exact) mass is 293 g/mol. The SMILES string of the molecule is C#CCOCc1ccccc1OCC(O)CNC(C)CO. The van der Waals surface area contributed by atoms with Crippen LogP contribution in [0.2, 0.25) is 0 Å². The summed E-state index contributed by atoms with van der Waals surface area (Å²) in [4.78, 5) is 0. The van der Waals surface area contributed by atoms with Crippen molar-refractivity contribution in [1.29, 1.82) is 0 Å². The number of benzene rings is 1. The molecule has 0 saturated carbocycles. The number of nitrogens with one attached hydrogen (secondary N) is 1. The Morgan fingerprint density at radius 2 is 2.14 bits per heavy atom. The molecule has 1 aromatic carbocycles. The van der Waals surface area contributed by atoms with Crippen LogP contribution in [0.5, 0.6) is 5.75 Å². The molecule has 5 nitrogen and oxygen atoms in total. The smallest absolute Gasteiger partial charge is 0.124 e. The fraction of sp³-hybridized carbons (Fsp3) is 0.500. The highest BCUT2D eigenvalue weighted by atomic mass is 16.5. The molecule has 3 N–H and O–H groups in total. The summed E-state index contributed by atoms with van der Waals surface area (Å²) >= 11 is 0. The fourth-order valence-corrected chi connectivity index (χ4v) is 1.63. The minimum atomic E-state index is -0.654. The standard InChI is InChI=1S/C16H23NO4/c1-3-8-20-11-14-6-4-5-7-16(14)21-12-15(19)9-17-13(2)10-18/h1,4-7,13,15,17-19H,8-12H2,2H3. The van der Waals surface area contributed by atoms with Crippen molar-refractivity contribution in [3.8, 4) is 18.1 Å². The van der Waals surface area contributed by atoms with Gasteiger partial charge in [0.1, 0.15) is 25.1 Å². The van der Waals surface area contributed by atoms with Crippen LogP contribution in [0, 0.1) is 12.3 Å². The van der Waals surface area contributed by atoms with E-state index in [-0.39, 0.29) is 25.9 Å². The van der Waals surface area contributed by atoms with Gasteiger partial charge in [-0.15, -0.1) is 6.42 Å². The van der Waals surface area contributed by atoms with Gasteiger partial charge in [0.2, 0.25) is 0 Å². The van der Waals surface area contributed by atoms with Crippen LogP contribution < -0.4 is 10.1 Å². The molecule has 0 aliphatic carbocycles. The van der Waals surface area contributed by atoms with Crippen LogP contribution in [0.4, 0.5) is 0 Å². The summed E-state index contributed by atoms with van der Waals surface area (Å²) in [6, 6.07) is 7.42. The molecule has 2 atom stereocenters. The van der Waals surface area contributed by atoms with Crippen LogP contribution >= 0.6 is 0 Å². The van der Waals surface area contributed by atoms with Crippen molar-refractivity contribution in [2.75, 3.05) is 26.4 Å². The molecule has 0 amide bonds. The second kappa shape index (κ2) is 10.2. The van der Waals surface area contributed by atoms with Crippen LogP contribution in [0.1, 0.15) is 12.5 Å². The molecule has 1 rings (SSSR count). The third-order valence-corrected chi connectivity index (χ3v) is 2.82. The van der Waals surface area contributed by atoms with Crippen molar-refractivity contribution in [2.24, 2.45) is 0 Å². The van der Waals surface area contributed by atoms with Gasteiger partial charge >= 0.3 is 0 Å². The molecular formula is C16H23NO4. The fourth-order valence-electron chi connectivity index (χ4n) is 1.63. The number of aliphatic hydroxyl groups is 2. The molecule has 0 bridgehead atoms. The molecule has 21 heavy (non-hydrogen) atoms. The van der Waals surface area contributed by atoms with Gasteiger partial charge in [0, 0.05) is 18.2 Å². The molecule has 0 aliphatic heterocycles. The summed E-state index contributed by atoms with van der Waals surface area (Å²) in [6.45, 7) is 3.01. The summed E-state index contributed by atoms with van der Waals surface area (Å²) in [5.41, 5.74) is 0.886. The number of ether oxygens (including phenoxy) is 2. The van der Waals surface area contributed by atoms with E-state index >= 15 is 0 Å². The third-order valence-electron chi connectivity index (χ3n) is 2.82. The Hall–Kier alpha value is -1.58.